The van der Waals surface area contributed by atoms with Crippen molar-refractivity contribution >= 4 is 11.6 Å². The smallest absolute Gasteiger partial charge is 0.134 e. The van der Waals surface area contributed by atoms with Gasteiger partial charge in [0.15, 0.2) is 0 Å². The van der Waals surface area contributed by atoms with E-state index in [2.05, 4.69) is 0 Å². The summed E-state index contributed by atoms with van der Waals surface area (Å²) in [5.41, 5.74) is 6.73. The third kappa shape index (κ3) is 2.12. The van der Waals surface area contributed by atoms with Crippen LogP contribution >= 0.6 is 11.6 Å². The lowest BCUT2D eigenvalue weighted by atomic mass is 10.0. The summed E-state index contributed by atoms with van der Waals surface area (Å²) >= 11 is 5.67. The molecule has 0 saturated carbocycles. The van der Waals surface area contributed by atoms with Crippen LogP contribution in [0.15, 0.2) is 12.1 Å². The number of hydrogen-bond donors (Lipinski definition) is 3. The van der Waals surface area contributed by atoms with Gasteiger partial charge in [-0.3, -0.25) is 0 Å². The SMILES string of the molecule is Cc1cc(Cl)c(O)cc1C(O)CN. The Balaban J connectivity index is 3.15. The summed E-state index contributed by atoms with van der Waals surface area (Å²) < 4.78 is 0. The van der Waals surface area contributed by atoms with E-state index in [4.69, 9.17) is 17.3 Å². The second kappa shape index (κ2) is 3.96. The first-order valence-electron chi connectivity index (χ1n) is 3.93. The van der Waals surface area contributed by atoms with Gasteiger partial charge in [-0.05, 0) is 30.2 Å². The van der Waals surface area contributed by atoms with Crippen LogP contribution in [-0.2, 0) is 0 Å². The standard InChI is InChI=1S/C9H12ClNO2/c1-5-2-7(10)8(12)3-6(5)9(13)4-11/h2-3,9,12-13H,4,11H2,1H3. The highest BCUT2D eigenvalue weighted by molar-refractivity contribution is 6.32. The van der Waals surface area contributed by atoms with Crippen LogP contribution in [0.5, 0.6) is 5.75 Å². The Morgan fingerprint density at radius 3 is 2.69 bits per heavy atom. The monoisotopic (exact) mass is 201 g/mol. The highest BCUT2D eigenvalue weighted by atomic mass is 35.5. The molecule has 0 saturated heterocycles. The third-order valence-electron chi connectivity index (χ3n) is 1.92. The predicted octanol–water partition coefficient (Wildman–Crippen LogP) is 1.35. The molecule has 0 aliphatic carbocycles. The molecule has 0 aliphatic rings. The van der Waals surface area contributed by atoms with Crippen LogP contribution in [-0.4, -0.2) is 16.8 Å². The maximum Gasteiger partial charge on any atom is 0.134 e. The number of nitrogens with two attached hydrogens (primary N) is 1. The molecule has 0 aliphatic heterocycles. The van der Waals surface area contributed by atoms with Gasteiger partial charge in [-0.1, -0.05) is 11.6 Å². The van der Waals surface area contributed by atoms with Crippen molar-refractivity contribution in [2.75, 3.05) is 6.54 Å². The molecule has 1 aromatic carbocycles. The first-order valence-corrected chi connectivity index (χ1v) is 4.31. The molecule has 0 amide bonds. The summed E-state index contributed by atoms with van der Waals surface area (Å²) in [5, 5.41) is 19.0. The summed E-state index contributed by atoms with van der Waals surface area (Å²) in [7, 11) is 0. The summed E-state index contributed by atoms with van der Waals surface area (Å²) in [6, 6.07) is 3.04. The number of aryl methyl sites for hydroxylation is 1. The molecular formula is C9H12ClNO2. The van der Waals surface area contributed by atoms with Gasteiger partial charge in [0, 0.05) is 6.54 Å². The fraction of sp³-hybridized carbons (Fsp3) is 0.333. The van der Waals surface area contributed by atoms with Crippen molar-refractivity contribution in [2.45, 2.75) is 13.0 Å². The van der Waals surface area contributed by atoms with Crippen molar-refractivity contribution in [3.05, 3.63) is 28.3 Å². The highest BCUT2D eigenvalue weighted by Crippen LogP contribution is 2.29. The number of halogens is 1. The van der Waals surface area contributed by atoms with Crippen molar-refractivity contribution < 1.29 is 10.2 Å². The molecule has 1 unspecified atom stereocenters. The quantitative estimate of drug-likeness (QED) is 0.677. The van der Waals surface area contributed by atoms with E-state index in [0.717, 1.165) is 5.56 Å². The normalized spacial score (nSPS) is 12.9. The minimum atomic E-state index is -0.747. The van der Waals surface area contributed by atoms with Crippen molar-refractivity contribution in [3.8, 4) is 5.75 Å². The molecule has 72 valence electrons. The van der Waals surface area contributed by atoms with Crippen molar-refractivity contribution in [2.24, 2.45) is 5.73 Å². The van der Waals surface area contributed by atoms with Crippen molar-refractivity contribution in [3.63, 3.8) is 0 Å². The van der Waals surface area contributed by atoms with Gasteiger partial charge in [0.05, 0.1) is 11.1 Å². The summed E-state index contributed by atoms with van der Waals surface area (Å²) in [6.45, 7) is 1.93. The average Bonchev–Trinajstić information content (AvgIpc) is 2.10. The molecule has 0 bridgehead atoms. The minimum absolute atomic E-state index is 0.0326. The van der Waals surface area contributed by atoms with Gasteiger partial charge in [0.2, 0.25) is 0 Å². The van der Waals surface area contributed by atoms with E-state index in [1.165, 1.54) is 6.07 Å². The third-order valence-corrected chi connectivity index (χ3v) is 2.22. The lowest BCUT2D eigenvalue weighted by Gasteiger charge is -2.12. The molecule has 4 heteroatoms. The Kier molecular flexibility index (Phi) is 3.14. The molecule has 4 N–H and O–H groups in total. The van der Waals surface area contributed by atoms with Crippen LogP contribution in [0, 0.1) is 6.92 Å². The molecular weight excluding hydrogens is 190 g/mol. The topological polar surface area (TPSA) is 66.5 Å². The first kappa shape index (κ1) is 10.3. The molecule has 0 spiro atoms. The second-order valence-electron chi connectivity index (χ2n) is 2.91. The highest BCUT2D eigenvalue weighted by Gasteiger charge is 2.11. The molecule has 13 heavy (non-hydrogen) atoms. The van der Waals surface area contributed by atoms with Gasteiger partial charge in [-0.2, -0.15) is 0 Å². The molecule has 1 rings (SSSR count). The number of phenols is 1. The van der Waals surface area contributed by atoms with Crippen LogP contribution in [0.25, 0.3) is 0 Å². The zero-order valence-electron chi connectivity index (χ0n) is 7.29. The van der Waals surface area contributed by atoms with Crippen LogP contribution in [0.3, 0.4) is 0 Å². The zero-order valence-corrected chi connectivity index (χ0v) is 8.04. The van der Waals surface area contributed by atoms with Crippen LogP contribution in [0.1, 0.15) is 17.2 Å². The van der Waals surface area contributed by atoms with E-state index in [-0.39, 0.29) is 17.3 Å². The lowest BCUT2D eigenvalue weighted by Crippen LogP contribution is -2.12. The van der Waals surface area contributed by atoms with E-state index < -0.39 is 6.10 Å². The maximum absolute atomic E-state index is 9.45. The minimum Gasteiger partial charge on any atom is -0.506 e. The van der Waals surface area contributed by atoms with Crippen LogP contribution < -0.4 is 5.73 Å². The van der Waals surface area contributed by atoms with Gasteiger partial charge < -0.3 is 15.9 Å². The molecule has 3 nitrogen and oxygen atoms in total. The second-order valence-corrected chi connectivity index (χ2v) is 3.32. The number of aliphatic hydroxyl groups excluding tert-OH is 1. The number of benzene rings is 1. The van der Waals surface area contributed by atoms with Gasteiger partial charge in [-0.25, -0.2) is 0 Å². The van der Waals surface area contributed by atoms with E-state index in [1.807, 2.05) is 0 Å². The molecule has 1 aromatic rings. The summed E-state index contributed by atoms with van der Waals surface area (Å²) in [5.74, 6) is -0.0326. The maximum atomic E-state index is 9.45. The molecule has 0 aromatic heterocycles. The average molecular weight is 202 g/mol. The Labute approximate surface area is 81.8 Å². The molecule has 1 atom stereocenters. The number of hydrogen-bond acceptors (Lipinski definition) is 3. The van der Waals surface area contributed by atoms with Crippen LogP contribution in [0.2, 0.25) is 5.02 Å². The van der Waals surface area contributed by atoms with Crippen molar-refractivity contribution in [1.82, 2.24) is 0 Å². The Hall–Kier alpha value is -0.770. The van der Waals surface area contributed by atoms with E-state index in [9.17, 15) is 10.2 Å². The predicted molar refractivity (Wildman–Crippen MR) is 51.9 cm³/mol. The van der Waals surface area contributed by atoms with Gasteiger partial charge in [-0.15, -0.1) is 0 Å². The van der Waals surface area contributed by atoms with E-state index in [0.29, 0.717) is 5.56 Å². The summed E-state index contributed by atoms with van der Waals surface area (Å²) in [4.78, 5) is 0. The molecule has 0 radical (unpaired) electrons. The summed E-state index contributed by atoms with van der Waals surface area (Å²) in [6.07, 6.45) is -0.747. The largest absolute Gasteiger partial charge is 0.506 e. The van der Waals surface area contributed by atoms with Gasteiger partial charge in [0.25, 0.3) is 0 Å². The number of aromatic hydroxyl groups is 1. The first-order chi connectivity index (χ1) is 6.06. The van der Waals surface area contributed by atoms with Crippen LogP contribution in [0.4, 0.5) is 0 Å². The van der Waals surface area contributed by atoms with Gasteiger partial charge >= 0.3 is 0 Å². The fourth-order valence-electron chi connectivity index (χ4n) is 1.16. The Bertz CT molecular complexity index is 315. The van der Waals surface area contributed by atoms with E-state index >= 15 is 0 Å². The van der Waals surface area contributed by atoms with E-state index in [1.54, 1.807) is 13.0 Å². The van der Waals surface area contributed by atoms with Crippen molar-refractivity contribution in [1.29, 1.82) is 0 Å². The number of rotatable bonds is 2. The zero-order chi connectivity index (χ0) is 10.0. The number of aliphatic hydroxyl groups is 1. The lowest BCUT2D eigenvalue weighted by molar-refractivity contribution is 0.185. The molecule has 0 heterocycles. The van der Waals surface area contributed by atoms with Gasteiger partial charge in [0.1, 0.15) is 5.75 Å². The molecule has 0 fully saturated rings. The number of phenolic OH excluding ortho intramolecular Hbond substituents is 1. The fourth-order valence-corrected chi connectivity index (χ4v) is 1.38. The Morgan fingerprint density at radius 1 is 1.54 bits per heavy atom. The Morgan fingerprint density at radius 2 is 2.15 bits per heavy atom.